The minimum absolute atomic E-state index is 0.0930. The van der Waals surface area contributed by atoms with Crippen molar-refractivity contribution >= 4 is 5.97 Å². The summed E-state index contributed by atoms with van der Waals surface area (Å²) in [7, 11) is 1.32. The number of carboxylic acids is 1. The number of rotatable bonds is 4. The molecule has 1 rings (SSSR count). The molecular formula is C11H12F2O3. The molecule has 1 N–H and O–H groups in total. The number of hydrogen-bond acceptors (Lipinski definition) is 2. The highest BCUT2D eigenvalue weighted by Gasteiger charge is 2.17. The van der Waals surface area contributed by atoms with Crippen LogP contribution >= 0.6 is 0 Å². The maximum Gasteiger partial charge on any atom is 0.306 e. The lowest BCUT2D eigenvalue weighted by atomic mass is 10.0. The summed E-state index contributed by atoms with van der Waals surface area (Å²) in [6.07, 6.45) is 0.0930. The Hall–Kier alpha value is -1.65. The average Bonchev–Trinajstić information content (AvgIpc) is 2.22. The molecule has 0 aromatic heterocycles. The molecule has 0 fully saturated rings. The first-order valence-corrected chi connectivity index (χ1v) is 4.70. The summed E-state index contributed by atoms with van der Waals surface area (Å²) in [4.78, 5) is 10.6. The van der Waals surface area contributed by atoms with Crippen molar-refractivity contribution in [3.05, 3.63) is 29.3 Å². The van der Waals surface area contributed by atoms with Crippen LogP contribution in [0.25, 0.3) is 0 Å². The van der Waals surface area contributed by atoms with Gasteiger partial charge in [-0.2, -0.15) is 0 Å². The number of halogens is 2. The highest BCUT2D eigenvalue weighted by Crippen LogP contribution is 2.24. The minimum atomic E-state index is -1.01. The number of methoxy groups -OCH3 is 1. The lowest BCUT2D eigenvalue weighted by Gasteiger charge is -2.11. The molecule has 88 valence electrons. The van der Waals surface area contributed by atoms with E-state index in [1.807, 2.05) is 0 Å². The first kappa shape index (κ1) is 12.4. The van der Waals surface area contributed by atoms with Crippen molar-refractivity contribution in [1.82, 2.24) is 0 Å². The van der Waals surface area contributed by atoms with E-state index in [1.165, 1.54) is 14.0 Å². The van der Waals surface area contributed by atoms with Crippen LogP contribution in [0.2, 0.25) is 0 Å². The maximum absolute atomic E-state index is 13.0. The predicted molar refractivity (Wildman–Crippen MR) is 53.4 cm³/mol. The van der Waals surface area contributed by atoms with Gasteiger partial charge in [-0.3, -0.25) is 4.79 Å². The third-order valence-corrected chi connectivity index (χ3v) is 2.27. The van der Waals surface area contributed by atoms with Crippen LogP contribution in [-0.4, -0.2) is 18.2 Å². The maximum atomic E-state index is 13.0. The topological polar surface area (TPSA) is 46.5 Å². The van der Waals surface area contributed by atoms with Crippen molar-refractivity contribution in [1.29, 1.82) is 0 Å². The summed E-state index contributed by atoms with van der Waals surface area (Å²) in [5, 5.41) is 8.72. The van der Waals surface area contributed by atoms with Gasteiger partial charge in [0.15, 0.2) is 11.6 Å². The number of benzene rings is 1. The molecule has 1 atom stereocenters. The largest absolute Gasteiger partial charge is 0.496 e. The molecular weight excluding hydrogens is 218 g/mol. The van der Waals surface area contributed by atoms with Gasteiger partial charge in [-0.1, -0.05) is 6.92 Å². The van der Waals surface area contributed by atoms with Gasteiger partial charge in [-0.15, -0.1) is 0 Å². The smallest absolute Gasteiger partial charge is 0.306 e. The number of hydrogen-bond donors (Lipinski definition) is 1. The van der Waals surface area contributed by atoms with E-state index in [2.05, 4.69) is 0 Å². The number of carbonyl (C=O) groups is 1. The lowest BCUT2D eigenvalue weighted by molar-refractivity contribution is -0.141. The molecule has 0 heterocycles. The van der Waals surface area contributed by atoms with Gasteiger partial charge in [-0.25, -0.2) is 8.78 Å². The molecule has 0 spiro atoms. The Morgan fingerprint density at radius 2 is 2.00 bits per heavy atom. The fourth-order valence-corrected chi connectivity index (χ4v) is 1.34. The van der Waals surface area contributed by atoms with Crippen molar-refractivity contribution in [3.63, 3.8) is 0 Å². The van der Waals surface area contributed by atoms with Gasteiger partial charge in [0, 0.05) is 6.07 Å². The van der Waals surface area contributed by atoms with Crippen LogP contribution in [0, 0.1) is 17.6 Å². The van der Waals surface area contributed by atoms with E-state index in [0.717, 1.165) is 12.1 Å². The van der Waals surface area contributed by atoms with Gasteiger partial charge in [0.1, 0.15) is 5.75 Å². The summed E-state index contributed by atoms with van der Waals surface area (Å²) in [5.41, 5.74) is 0.344. The van der Waals surface area contributed by atoms with Gasteiger partial charge in [-0.05, 0) is 18.1 Å². The van der Waals surface area contributed by atoms with Crippen LogP contribution in [0.3, 0.4) is 0 Å². The molecule has 0 aliphatic heterocycles. The second-order valence-electron chi connectivity index (χ2n) is 3.52. The zero-order valence-electron chi connectivity index (χ0n) is 8.96. The second-order valence-corrected chi connectivity index (χ2v) is 3.52. The summed E-state index contributed by atoms with van der Waals surface area (Å²) in [6, 6.07) is 1.88. The van der Waals surface area contributed by atoms with Crippen LogP contribution in [0.1, 0.15) is 12.5 Å². The zero-order valence-corrected chi connectivity index (χ0v) is 8.96. The molecule has 5 heteroatoms. The van der Waals surface area contributed by atoms with E-state index in [0.29, 0.717) is 5.56 Å². The van der Waals surface area contributed by atoms with Crippen molar-refractivity contribution < 1.29 is 23.4 Å². The zero-order chi connectivity index (χ0) is 12.3. The molecule has 0 saturated heterocycles. The predicted octanol–water partition coefficient (Wildman–Crippen LogP) is 2.24. The molecule has 0 aliphatic carbocycles. The van der Waals surface area contributed by atoms with Crippen LogP contribution in [-0.2, 0) is 11.2 Å². The van der Waals surface area contributed by atoms with E-state index < -0.39 is 23.5 Å². The van der Waals surface area contributed by atoms with Crippen molar-refractivity contribution in [2.24, 2.45) is 5.92 Å². The van der Waals surface area contributed by atoms with Gasteiger partial charge in [0.2, 0.25) is 0 Å². The highest BCUT2D eigenvalue weighted by atomic mass is 19.2. The second kappa shape index (κ2) is 4.92. The lowest BCUT2D eigenvalue weighted by Crippen LogP contribution is -2.13. The highest BCUT2D eigenvalue weighted by molar-refractivity contribution is 5.70. The minimum Gasteiger partial charge on any atom is -0.496 e. The van der Waals surface area contributed by atoms with Crippen molar-refractivity contribution in [3.8, 4) is 5.75 Å². The molecule has 0 amide bonds. The Morgan fingerprint density at radius 1 is 1.44 bits per heavy atom. The fraction of sp³-hybridized carbons (Fsp3) is 0.364. The summed E-state index contributed by atoms with van der Waals surface area (Å²) < 4.78 is 30.7. The Morgan fingerprint density at radius 3 is 2.50 bits per heavy atom. The molecule has 3 nitrogen and oxygen atoms in total. The molecule has 0 radical (unpaired) electrons. The number of ether oxygens (including phenoxy) is 1. The summed E-state index contributed by atoms with van der Waals surface area (Å²) in [6.45, 7) is 1.49. The van der Waals surface area contributed by atoms with E-state index >= 15 is 0 Å². The normalized spacial score (nSPS) is 12.2. The van der Waals surface area contributed by atoms with Gasteiger partial charge in [0.25, 0.3) is 0 Å². The molecule has 1 unspecified atom stereocenters. The molecule has 0 saturated carbocycles. The molecule has 0 aliphatic rings. The van der Waals surface area contributed by atoms with E-state index in [9.17, 15) is 13.6 Å². The van der Waals surface area contributed by atoms with Gasteiger partial charge in [0.05, 0.1) is 13.0 Å². The Labute approximate surface area is 91.7 Å². The van der Waals surface area contributed by atoms with Gasteiger partial charge >= 0.3 is 5.97 Å². The third-order valence-electron chi connectivity index (χ3n) is 2.27. The van der Waals surface area contributed by atoms with E-state index in [-0.39, 0.29) is 12.2 Å². The third kappa shape index (κ3) is 2.68. The van der Waals surface area contributed by atoms with Crippen LogP contribution in [0.4, 0.5) is 8.78 Å². The molecule has 1 aromatic rings. The number of aliphatic carboxylic acids is 1. The first-order chi connectivity index (χ1) is 7.45. The summed E-state index contributed by atoms with van der Waals surface area (Å²) in [5.74, 6) is -3.53. The van der Waals surface area contributed by atoms with Crippen molar-refractivity contribution in [2.45, 2.75) is 13.3 Å². The van der Waals surface area contributed by atoms with Crippen LogP contribution in [0.15, 0.2) is 12.1 Å². The SMILES string of the molecule is COc1cc(F)c(F)cc1CC(C)C(=O)O. The first-order valence-electron chi connectivity index (χ1n) is 4.70. The standard InChI is InChI=1S/C11H12F2O3/c1-6(11(14)15)3-7-4-8(12)9(13)5-10(7)16-2/h4-6H,3H2,1-2H3,(H,14,15). The van der Waals surface area contributed by atoms with Crippen LogP contribution < -0.4 is 4.74 Å². The number of carboxylic acid groups (broad SMARTS) is 1. The molecule has 16 heavy (non-hydrogen) atoms. The Balaban J connectivity index is 3.03. The fourth-order valence-electron chi connectivity index (χ4n) is 1.34. The Kier molecular flexibility index (Phi) is 3.82. The quantitative estimate of drug-likeness (QED) is 0.862. The van der Waals surface area contributed by atoms with Crippen LogP contribution in [0.5, 0.6) is 5.75 Å². The van der Waals surface area contributed by atoms with Crippen molar-refractivity contribution in [2.75, 3.05) is 7.11 Å². The van der Waals surface area contributed by atoms with Gasteiger partial charge < -0.3 is 9.84 Å². The monoisotopic (exact) mass is 230 g/mol. The van der Waals surface area contributed by atoms with E-state index in [4.69, 9.17) is 9.84 Å². The van der Waals surface area contributed by atoms with E-state index in [1.54, 1.807) is 0 Å². The molecule has 0 bridgehead atoms. The summed E-state index contributed by atoms with van der Waals surface area (Å²) >= 11 is 0. The average molecular weight is 230 g/mol. The molecule has 1 aromatic carbocycles. The Bertz CT molecular complexity index is 404.